The molecule has 0 radical (unpaired) electrons. The predicted molar refractivity (Wildman–Crippen MR) is 132 cm³/mol. The average molecular weight is 515 g/mol. The first-order valence-corrected chi connectivity index (χ1v) is 13.0. The molecule has 2 fully saturated rings. The Kier molecular flexibility index (Phi) is 5.75. The number of nitrogens with one attached hydrogen (secondary N) is 1. The van der Waals surface area contributed by atoms with Crippen LogP contribution in [0.2, 0.25) is 0 Å². The van der Waals surface area contributed by atoms with Crippen LogP contribution >= 0.6 is 11.3 Å². The van der Waals surface area contributed by atoms with Crippen LogP contribution in [0.4, 0.5) is 18.9 Å². The van der Waals surface area contributed by atoms with E-state index in [2.05, 4.69) is 15.2 Å². The van der Waals surface area contributed by atoms with E-state index in [4.69, 9.17) is 0 Å². The van der Waals surface area contributed by atoms with Gasteiger partial charge in [0, 0.05) is 59.9 Å². The third-order valence-electron chi connectivity index (χ3n) is 7.35. The molecule has 1 aromatic carbocycles. The molecule has 10 heteroatoms. The van der Waals surface area contributed by atoms with E-state index in [0.29, 0.717) is 23.1 Å². The third-order valence-corrected chi connectivity index (χ3v) is 8.49. The summed E-state index contributed by atoms with van der Waals surface area (Å²) in [7, 11) is 0. The van der Waals surface area contributed by atoms with Gasteiger partial charge in [0.25, 0.3) is 0 Å². The number of alkyl halides is 3. The number of halogens is 3. The molecule has 3 aliphatic heterocycles. The van der Waals surface area contributed by atoms with E-state index >= 15 is 0 Å². The molecule has 3 aromatic rings. The lowest BCUT2D eigenvalue weighted by molar-refractivity contribution is -0.139. The fraction of sp³-hybridized carbons (Fsp3) is 0.423. The fourth-order valence-corrected chi connectivity index (χ4v) is 6.78. The van der Waals surface area contributed by atoms with Gasteiger partial charge in [-0.2, -0.15) is 13.2 Å². The summed E-state index contributed by atoms with van der Waals surface area (Å²) in [5.41, 5.74) is 2.90. The number of carbonyl (C=O) groups is 2. The van der Waals surface area contributed by atoms with Gasteiger partial charge in [0.15, 0.2) is 0 Å². The number of benzene rings is 1. The molecule has 2 amide bonds. The lowest BCUT2D eigenvalue weighted by atomic mass is 9.90. The first-order chi connectivity index (χ1) is 17.3. The molecule has 0 saturated carbocycles. The molecule has 2 aromatic heterocycles. The molecule has 1 atom stereocenters. The van der Waals surface area contributed by atoms with Crippen molar-refractivity contribution in [1.29, 1.82) is 0 Å². The quantitative estimate of drug-likeness (QED) is 0.510. The number of amides is 2. The molecule has 1 N–H and O–H groups in total. The second kappa shape index (κ2) is 8.85. The summed E-state index contributed by atoms with van der Waals surface area (Å²) in [6.07, 6.45) is -0.0257. The van der Waals surface area contributed by atoms with Crippen LogP contribution in [0.1, 0.15) is 41.7 Å². The number of thiophene rings is 1. The van der Waals surface area contributed by atoms with Gasteiger partial charge in [-0.3, -0.25) is 19.5 Å². The van der Waals surface area contributed by atoms with Crippen molar-refractivity contribution in [2.75, 3.05) is 24.5 Å². The zero-order chi connectivity index (χ0) is 25.0. The number of nitrogens with zero attached hydrogens (tertiary/aromatic N) is 3. The van der Waals surface area contributed by atoms with Crippen LogP contribution in [-0.2, 0) is 28.7 Å². The van der Waals surface area contributed by atoms with Gasteiger partial charge in [-0.25, -0.2) is 0 Å². The molecule has 0 aliphatic carbocycles. The third kappa shape index (κ3) is 4.06. The second-order valence-corrected chi connectivity index (χ2v) is 10.8. The average Bonchev–Trinajstić information content (AvgIpc) is 3.59. The van der Waals surface area contributed by atoms with Crippen LogP contribution in [0.5, 0.6) is 0 Å². The Morgan fingerprint density at radius 3 is 2.61 bits per heavy atom. The van der Waals surface area contributed by atoms with E-state index in [9.17, 15) is 22.8 Å². The molecule has 188 valence electrons. The molecule has 6 rings (SSSR count). The highest BCUT2D eigenvalue weighted by molar-refractivity contribution is 7.19. The highest BCUT2D eigenvalue weighted by Crippen LogP contribution is 2.46. The Morgan fingerprint density at radius 2 is 1.89 bits per heavy atom. The molecule has 0 bridgehead atoms. The van der Waals surface area contributed by atoms with Crippen molar-refractivity contribution >= 4 is 39.1 Å². The number of rotatable bonds is 4. The van der Waals surface area contributed by atoms with Gasteiger partial charge in [0.1, 0.15) is 0 Å². The number of carbonyl (C=O) groups excluding carboxylic acids is 2. The van der Waals surface area contributed by atoms with Crippen molar-refractivity contribution < 1.29 is 22.8 Å². The molecule has 0 unspecified atom stereocenters. The van der Waals surface area contributed by atoms with Gasteiger partial charge in [0.05, 0.1) is 22.3 Å². The monoisotopic (exact) mass is 514 g/mol. The molecular formula is C26H25F3N4O2S. The number of aromatic nitrogens is 1. The molecule has 6 nitrogen and oxygen atoms in total. The minimum Gasteiger partial charge on any atom is -0.366 e. The van der Waals surface area contributed by atoms with E-state index in [-0.39, 0.29) is 37.2 Å². The van der Waals surface area contributed by atoms with Gasteiger partial charge >= 0.3 is 6.18 Å². The van der Waals surface area contributed by atoms with Crippen LogP contribution in [0.15, 0.2) is 30.5 Å². The van der Waals surface area contributed by atoms with E-state index < -0.39 is 11.7 Å². The predicted octanol–water partition coefficient (Wildman–Crippen LogP) is 4.75. The number of imide groups is 1. The van der Waals surface area contributed by atoms with Crippen LogP contribution in [0.3, 0.4) is 0 Å². The number of aryl methyl sites for hydroxylation is 1. The molecular weight excluding hydrogens is 489 g/mol. The number of anilines is 1. The smallest absolute Gasteiger partial charge is 0.366 e. The number of likely N-dealkylation sites (tertiary alicyclic amines) is 1. The summed E-state index contributed by atoms with van der Waals surface area (Å²) in [6, 6.07) is 6.45. The Balaban J connectivity index is 1.50. The van der Waals surface area contributed by atoms with Gasteiger partial charge in [-0.15, -0.1) is 11.3 Å². The maximum absolute atomic E-state index is 14.0. The Labute approximate surface area is 210 Å². The summed E-state index contributed by atoms with van der Waals surface area (Å²) in [6.45, 7) is 2.68. The summed E-state index contributed by atoms with van der Waals surface area (Å²) in [5.74, 6) is -0.392. The first kappa shape index (κ1) is 23.4. The van der Waals surface area contributed by atoms with Crippen molar-refractivity contribution in [2.24, 2.45) is 0 Å². The highest BCUT2D eigenvalue weighted by atomic mass is 32.1. The highest BCUT2D eigenvalue weighted by Gasteiger charge is 2.36. The molecule has 0 spiro atoms. The molecule has 36 heavy (non-hydrogen) atoms. The summed E-state index contributed by atoms with van der Waals surface area (Å²) in [5, 5.41) is 3.38. The number of pyridine rings is 1. The normalized spacial score (nSPS) is 20.6. The zero-order valence-corrected chi connectivity index (χ0v) is 20.3. The van der Waals surface area contributed by atoms with Gasteiger partial charge in [-0.1, -0.05) is 0 Å². The second-order valence-electron chi connectivity index (χ2n) is 9.63. The van der Waals surface area contributed by atoms with Gasteiger partial charge < -0.3 is 10.2 Å². The molecule has 5 heterocycles. The van der Waals surface area contributed by atoms with Gasteiger partial charge in [0.2, 0.25) is 11.8 Å². The van der Waals surface area contributed by atoms with Crippen LogP contribution < -0.4 is 10.2 Å². The standard InChI is InChI=1S/C26H25F3N4O2S/c27-26(28,29)16-10-15-2-1-9-32(17-5-7-30-13-17)24(15)20(11-16)19-6-8-31-21-12-18(36-25(19)21)14-33-22(34)3-4-23(33)35/h6,8,10-12,17,30H,1-5,7,9,13-14H2/t17-/m1/s1. The topological polar surface area (TPSA) is 65.5 Å². The lowest BCUT2D eigenvalue weighted by Crippen LogP contribution is -2.40. The molecule has 3 aliphatic rings. The zero-order valence-electron chi connectivity index (χ0n) is 19.5. The fourth-order valence-electron chi connectivity index (χ4n) is 5.65. The van der Waals surface area contributed by atoms with E-state index in [1.165, 1.54) is 28.4 Å². The summed E-state index contributed by atoms with van der Waals surface area (Å²) < 4.78 is 42.7. The van der Waals surface area contributed by atoms with E-state index in [1.807, 2.05) is 6.07 Å². The lowest BCUT2D eigenvalue weighted by Gasteiger charge is -2.38. The van der Waals surface area contributed by atoms with Crippen LogP contribution in [0, 0.1) is 0 Å². The Hall–Kier alpha value is -2.98. The maximum Gasteiger partial charge on any atom is 0.416 e. The van der Waals surface area contributed by atoms with Crippen molar-refractivity contribution in [1.82, 2.24) is 15.2 Å². The summed E-state index contributed by atoms with van der Waals surface area (Å²) in [4.78, 5) is 33.0. The maximum atomic E-state index is 14.0. The van der Waals surface area contributed by atoms with Crippen LogP contribution in [0.25, 0.3) is 21.3 Å². The number of fused-ring (bicyclic) bond motifs is 2. The van der Waals surface area contributed by atoms with E-state index in [1.54, 1.807) is 12.3 Å². The molecule has 2 saturated heterocycles. The number of hydrogen-bond acceptors (Lipinski definition) is 6. The minimum atomic E-state index is -4.45. The Morgan fingerprint density at radius 1 is 1.08 bits per heavy atom. The number of hydrogen-bond donors (Lipinski definition) is 1. The van der Waals surface area contributed by atoms with Crippen molar-refractivity contribution in [3.63, 3.8) is 0 Å². The van der Waals surface area contributed by atoms with Crippen molar-refractivity contribution in [3.05, 3.63) is 46.5 Å². The van der Waals surface area contributed by atoms with Crippen molar-refractivity contribution in [3.8, 4) is 11.1 Å². The summed E-state index contributed by atoms with van der Waals surface area (Å²) >= 11 is 1.39. The minimum absolute atomic E-state index is 0.165. The van der Waals surface area contributed by atoms with Crippen molar-refractivity contribution in [2.45, 2.75) is 50.9 Å². The largest absolute Gasteiger partial charge is 0.416 e. The SMILES string of the molecule is O=C1CCC(=O)N1Cc1cc2nccc(-c3cc(C(F)(F)F)cc4c3N([C@@H]3CCNC3)CCC4)c2s1. The first-order valence-electron chi connectivity index (χ1n) is 12.2. The van der Waals surface area contributed by atoms with E-state index in [0.717, 1.165) is 53.3 Å². The Bertz CT molecular complexity index is 1350. The van der Waals surface area contributed by atoms with Gasteiger partial charge in [-0.05, 0) is 55.6 Å². The van der Waals surface area contributed by atoms with Crippen LogP contribution in [-0.4, -0.2) is 47.4 Å².